The second-order valence-electron chi connectivity index (χ2n) is 4.80. The number of aromatic nitrogens is 1. The number of hydrogen-bond acceptors (Lipinski definition) is 6. The van der Waals surface area contributed by atoms with Crippen molar-refractivity contribution in [3.8, 4) is 0 Å². The van der Waals surface area contributed by atoms with Crippen molar-refractivity contribution in [2.75, 3.05) is 32.5 Å². The number of anilines is 1. The Morgan fingerprint density at radius 2 is 2.25 bits per heavy atom. The van der Waals surface area contributed by atoms with Crippen molar-refractivity contribution >= 4 is 26.7 Å². The van der Waals surface area contributed by atoms with Crippen LogP contribution in [0.5, 0.6) is 0 Å². The van der Waals surface area contributed by atoms with Gasteiger partial charge in [-0.1, -0.05) is 0 Å². The molecule has 7 nitrogen and oxygen atoms in total. The molecule has 3 N–H and O–H groups in total. The SMILES string of the molecule is COCC1CCN(S(=O)(=O)NCc2csc(N)n2)CC1. The van der Waals surface area contributed by atoms with Crippen molar-refractivity contribution in [1.29, 1.82) is 0 Å². The summed E-state index contributed by atoms with van der Waals surface area (Å²) in [5.74, 6) is 0.449. The predicted molar refractivity (Wildman–Crippen MR) is 78.5 cm³/mol. The monoisotopic (exact) mass is 320 g/mol. The van der Waals surface area contributed by atoms with E-state index in [4.69, 9.17) is 10.5 Å². The van der Waals surface area contributed by atoms with E-state index < -0.39 is 10.2 Å². The van der Waals surface area contributed by atoms with Crippen LogP contribution in [-0.2, 0) is 21.5 Å². The average molecular weight is 320 g/mol. The summed E-state index contributed by atoms with van der Waals surface area (Å²) in [5, 5.41) is 2.20. The summed E-state index contributed by atoms with van der Waals surface area (Å²) in [6, 6.07) is 0. The molecule has 1 aromatic rings. The van der Waals surface area contributed by atoms with E-state index in [0.29, 0.717) is 36.4 Å². The molecule has 0 aliphatic carbocycles. The number of nitrogens with two attached hydrogens (primary N) is 1. The number of ether oxygens (including phenoxy) is 1. The number of thiazole rings is 1. The van der Waals surface area contributed by atoms with Crippen molar-refractivity contribution in [1.82, 2.24) is 14.0 Å². The van der Waals surface area contributed by atoms with Gasteiger partial charge in [0.15, 0.2) is 5.13 Å². The Labute approximate surface area is 123 Å². The molecule has 0 saturated carbocycles. The second-order valence-corrected chi connectivity index (χ2v) is 7.45. The highest BCUT2D eigenvalue weighted by Crippen LogP contribution is 2.19. The van der Waals surface area contributed by atoms with Gasteiger partial charge in [0.05, 0.1) is 12.2 Å². The number of methoxy groups -OCH3 is 1. The minimum atomic E-state index is -3.44. The van der Waals surface area contributed by atoms with Crippen LogP contribution in [0.3, 0.4) is 0 Å². The second kappa shape index (κ2) is 6.81. The summed E-state index contributed by atoms with van der Waals surface area (Å²) in [6.45, 7) is 1.93. The number of piperidine rings is 1. The Morgan fingerprint density at radius 1 is 1.55 bits per heavy atom. The molecule has 20 heavy (non-hydrogen) atoms. The summed E-state index contributed by atoms with van der Waals surface area (Å²) >= 11 is 1.30. The molecule has 9 heteroatoms. The van der Waals surface area contributed by atoms with Gasteiger partial charge < -0.3 is 10.5 Å². The number of nitrogen functional groups attached to an aromatic ring is 1. The third-order valence-electron chi connectivity index (χ3n) is 3.32. The van der Waals surface area contributed by atoms with Gasteiger partial charge in [-0.25, -0.2) is 4.98 Å². The fourth-order valence-corrected chi connectivity index (χ4v) is 3.98. The summed E-state index contributed by atoms with van der Waals surface area (Å²) in [5.41, 5.74) is 6.16. The number of nitrogens with one attached hydrogen (secondary N) is 1. The molecular weight excluding hydrogens is 300 g/mol. The first-order valence-electron chi connectivity index (χ1n) is 6.45. The average Bonchev–Trinajstić information content (AvgIpc) is 2.84. The Hall–Kier alpha value is -0.740. The van der Waals surface area contributed by atoms with E-state index in [2.05, 4.69) is 9.71 Å². The topological polar surface area (TPSA) is 97.5 Å². The van der Waals surface area contributed by atoms with Crippen molar-refractivity contribution in [2.24, 2.45) is 5.92 Å². The maximum Gasteiger partial charge on any atom is 0.279 e. The standard InChI is InChI=1S/C11H20N4O3S2/c1-18-7-9-2-4-15(5-3-9)20(16,17)13-6-10-8-19-11(12)14-10/h8-9,13H,2-7H2,1H3,(H2,12,14). The van der Waals surface area contributed by atoms with Gasteiger partial charge in [-0.3, -0.25) is 0 Å². The molecule has 2 heterocycles. The molecule has 1 saturated heterocycles. The van der Waals surface area contributed by atoms with Crippen LogP contribution in [0.15, 0.2) is 5.38 Å². The highest BCUT2D eigenvalue weighted by atomic mass is 32.2. The van der Waals surface area contributed by atoms with Gasteiger partial charge in [-0.15, -0.1) is 11.3 Å². The Balaban J connectivity index is 1.85. The maximum absolute atomic E-state index is 12.2. The Bertz CT molecular complexity index is 524. The molecule has 1 aliphatic heterocycles. The molecule has 1 fully saturated rings. The summed E-state index contributed by atoms with van der Waals surface area (Å²) in [6.07, 6.45) is 1.66. The minimum absolute atomic E-state index is 0.175. The van der Waals surface area contributed by atoms with Gasteiger partial charge in [-0.05, 0) is 18.8 Å². The molecule has 0 bridgehead atoms. The summed E-state index contributed by atoms with van der Waals surface area (Å²) in [7, 11) is -1.77. The van der Waals surface area contributed by atoms with E-state index >= 15 is 0 Å². The number of hydrogen-bond donors (Lipinski definition) is 2. The van der Waals surface area contributed by atoms with E-state index in [9.17, 15) is 8.42 Å². The fourth-order valence-electron chi connectivity index (χ4n) is 2.21. The van der Waals surface area contributed by atoms with Gasteiger partial charge in [0.2, 0.25) is 0 Å². The lowest BCUT2D eigenvalue weighted by Gasteiger charge is -2.30. The normalized spacial score (nSPS) is 18.4. The lowest BCUT2D eigenvalue weighted by atomic mass is 9.99. The quantitative estimate of drug-likeness (QED) is 0.791. The van der Waals surface area contributed by atoms with Crippen LogP contribution in [0.25, 0.3) is 0 Å². The van der Waals surface area contributed by atoms with E-state index in [1.165, 1.54) is 15.6 Å². The molecule has 0 spiro atoms. The number of rotatable bonds is 6. The third kappa shape index (κ3) is 4.13. The molecule has 0 aromatic carbocycles. The Kier molecular flexibility index (Phi) is 5.33. The first kappa shape index (κ1) is 15.6. The fraction of sp³-hybridized carbons (Fsp3) is 0.727. The van der Waals surface area contributed by atoms with Crippen LogP contribution in [0.4, 0.5) is 5.13 Å². The van der Waals surface area contributed by atoms with Gasteiger partial charge in [0, 0.05) is 32.2 Å². The van der Waals surface area contributed by atoms with Gasteiger partial charge in [0.1, 0.15) is 0 Å². The predicted octanol–water partition coefficient (Wildman–Crippen LogP) is 0.418. The van der Waals surface area contributed by atoms with Crippen molar-refractivity contribution in [2.45, 2.75) is 19.4 Å². The molecular formula is C11H20N4O3S2. The molecule has 2 rings (SSSR count). The van der Waals surface area contributed by atoms with E-state index in [1.54, 1.807) is 12.5 Å². The maximum atomic E-state index is 12.2. The van der Waals surface area contributed by atoms with Crippen LogP contribution >= 0.6 is 11.3 Å². The smallest absolute Gasteiger partial charge is 0.279 e. The van der Waals surface area contributed by atoms with E-state index in [1.807, 2.05) is 0 Å². The molecule has 0 atom stereocenters. The van der Waals surface area contributed by atoms with Crippen molar-refractivity contribution < 1.29 is 13.2 Å². The van der Waals surface area contributed by atoms with Crippen molar-refractivity contribution in [3.63, 3.8) is 0 Å². The van der Waals surface area contributed by atoms with E-state index in [0.717, 1.165) is 12.8 Å². The van der Waals surface area contributed by atoms with Crippen LogP contribution in [0, 0.1) is 5.92 Å². The largest absolute Gasteiger partial charge is 0.384 e. The minimum Gasteiger partial charge on any atom is -0.384 e. The summed E-state index contributed by atoms with van der Waals surface area (Å²) in [4.78, 5) is 4.03. The summed E-state index contributed by atoms with van der Waals surface area (Å²) < 4.78 is 33.5. The van der Waals surface area contributed by atoms with Crippen LogP contribution in [0.1, 0.15) is 18.5 Å². The molecule has 0 radical (unpaired) electrons. The molecule has 114 valence electrons. The van der Waals surface area contributed by atoms with E-state index in [-0.39, 0.29) is 6.54 Å². The molecule has 1 aromatic heterocycles. The van der Waals surface area contributed by atoms with Crippen LogP contribution in [0.2, 0.25) is 0 Å². The zero-order chi connectivity index (χ0) is 14.6. The number of nitrogens with zero attached hydrogens (tertiary/aromatic N) is 2. The van der Waals surface area contributed by atoms with Gasteiger partial charge in [0.25, 0.3) is 10.2 Å². The third-order valence-corrected chi connectivity index (χ3v) is 5.60. The van der Waals surface area contributed by atoms with Gasteiger partial charge >= 0.3 is 0 Å². The first-order chi connectivity index (χ1) is 9.51. The van der Waals surface area contributed by atoms with Gasteiger partial charge in [-0.2, -0.15) is 17.4 Å². The molecule has 0 amide bonds. The Morgan fingerprint density at radius 3 is 2.80 bits per heavy atom. The lowest BCUT2D eigenvalue weighted by Crippen LogP contribution is -2.45. The highest BCUT2D eigenvalue weighted by Gasteiger charge is 2.27. The molecule has 1 aliphatic rings. The zero-order valence-corrected chi connectivity index (χ0v) is 13.0. The van der Waals surface area contributed by atoms with Crippen LogP contribution in [-0.4, -0.2) is 44.5 Å². The highest BCUT2D eigenvalue weighted by molar-refractivity contribution is 7.87. The first-order valence-corrected chi connectivity index (χ1v) is 8.77. The molecule has 0 unspecified atom stereocenters. The lowest BCUT2D eigenvalue weighted by molar-refractivity contribution is 0.121. The zero-order valence-electron chi connectivity index (χ0n) is 11.4. The van der Waals surface area contributed by atoms with Crippen molar-refractivity contribution in [3.05, 3.63) is 11.1 Å². The van der Waals surface area contributed by atoms with Crippen LogP contribution < -0.4 is 10.5 Å².